The second-order valence-corrected chi connectivity index (χ2v) is 4.54. The smallest absolute Gasteiger partial charge is 0.322 e. The minimum Gasteiger partial charge on any atom is -0.322 e. The van der Waals surface area contributed by atoms with Crippen LogP contribution < -0.4 is 15.6 Å². The summed E-state index contributed by atoms with van der Waals surface area (Å²) in [4.78, 5) is 24.5. The minimum absolute atomic E-state index is 0.120. The predicted molar refractivity (Wildman–Crippen MR) is 63.4 cm³/mol. The number of aryl methyl sites for hydroxylation is 1. The number of hydrogen-bond donors (Lipinski definition) is 2. The molecule has 1 aromatic rings. The fraction of sp³-hybridized carbons (Fsp3) is 0.545. The van der Waals surface area contributed by atoms with E-state index in [0.29, 0.717) is 5.69 Å². The van der Waals surface area contributed by atoms with Crippen LogP contribution in [0.3, 0.4) is 0 Å². The van der Waals surface area contributed by atoms with Crippen molar-refractivity contribution >= 4 is 6.03 Å². The molecule has 0 fully saturated rings. The minimum atomic E-state index is -0.740. The second kappa shape index (κ2) is 4.96. The van der Waals surface area contributed by atoms with Gasteiger partial charge in [0.1, 0.15) is 6.54 Å². The first-order valence-electron chi connectivity index (χ1n) is 5.34. The topological polar surface area (TPSA) is 82.2 Å². The van der Waals surface area contributed by atoms with Crippen molar-refractivity contribution in [3.63, 3.8) is 0 Å². The average molecular weight is 253 g/mol. The molecule has 18 heavy (non-hydrogen) atoms. The van der Waals surface area contributed by atoms with Gasteiger partial charge in [0.05, 0.1) is 5.54 Å². The highest BCUT2D eigenvalue weighted by atomic mass is 16.5. The maximum atomic E-state index is 11.8. The van der Waals surface area contributed by atoms with Crippen molar-refractivity contribution in [2.45, 2.75) is 25.9 Å². The highest BCUT2D eigenvalue weighted by Gasteiger charge is 2.24. The second-order valence-electron chi connectivity index (χ2n) is 4.54. The first-order valence-corrected chi connectivity index (χ1v) is 5.34. The summed E-state index contributed by atoms with van der Waals surface area (Å²) >= 11 is 0. The number of aromatic nitrogens is 2. The van der Waals surface area contributed by atoms with Crippen LogP contribution in [0.5, 0.6) is 0 Å². The van der Waals surface area contributed by atoms with Crippen LogP contribution in [-0.2, 0) is 13.6 Å². The summed E-state index contributed by atoms with van der Waals surface area (Å²) < 4.78 is 6.00. The fourth-order valence-corrected chi connectivity index (χ4v) is 1.23. The van der Waals surface area contributed by atoms with Gasteiger partial charge in [0.15, 0.2) is 7.05 Å². The Labute approximate surface area is 105 Å². The number of nitrogens with zero attached hydrogens (tertiary/aromatic N) is 2. The fourth-order valence-electron chi connectivity index (χ4n) is 1.23. The van der Waals surface area contributed by atoms with E-state index in [1.54, 1.807) is 27.9 Å². The van der Waals surface area contributed by atoms with Gasteiger partial charge in [-0.1, -0.05) is 10.6 Å². The third-order valence-electron chi connectivity index (χ3n) is 2.43. The highest BCUT2D eigenvalue weighted by molar-refractivity contribution is 5.75. The maximum absolute atomic E-state index is 11.8. The molecule has 1 rings (SSSR count). The van der Waals surface area contributed by atoms with Crippen molar-refractivity contribution in [3.05, 3.63) is 16.1 Å². The summed E-state index contributed by atoms with van der Waals surface area (Å²) in [7, 11) is 3.19. The molecule has 0 aliphatic rings. The van der Waals surface area contributed by atoms with Crippen molar-refractivity contribution in [2.75, 3.05) is 7.05 Å². The number of aromatic amines is 1. The van der Waals surface area contributed by atoms with Gasteiger partial charge >= 0.3 is 17.4 Å². The van der Waals surface area contributed by atoms with Crippen LogP contribution in [0.4, 0.5) is 4.79 Å². The number of hydrogen-bond acceptors (Lipinski definition) is 3. The Morgan fingerprint density at radius 1 is 1.67 bits per heavy atom. The van der Waals surface area contributed by atoms with Gasteiger partial charge in [-0.2, -0.15) is 0 Å². The average Bonchev–Trinajstić information content (AvgIpc) is 2.60. The van der Waals surface area contributed by atoms with Gasteiger partial charge in [0.25, 0.3) is 0 Å². The molecule has 1 aromatic heterocycles. The van der Waals surface area contributed by atoms with E-state index in [1.807, 2.05) is 0 Å². The van der Waals surface area contributed by atoms with E-state index in [9.17, 15) is 9.59 Å². The van der Waals surface area contributed by atoms with Crippen molar-refractivity contribution in [1.29, 1.82) is 0 Å². The summed E-state index contributed by atoms with van der Waals surface area (Å²) in [6.45, 7) is 3.54. The molecule has 2 amide bonds. The molecule has 0 aliphatic heterocycles. The van der Waals surface area contributed by atoms with Crippen LogP contribution in [0.1, 0.15) is 19.5 Å². The number of nitrogens with one attached hydrogen (secondary N) is 2. The number of carbonyl (C=O) groups excluding carboxylic acids is 1. The molecular formula is C11H17N4O3+. The first-order chi connectivity index (χ1) is 8.26. The predicted octanol–water partition coefficient (Wildman–Crippen LogP) is -0.654. The standard InChI is InChI=1S/C11H16N4O3/c1-6-11(2,3)12-10(17)14(4)7-8-9(16)18-13-15(8)5/h1H,7H2,2-5H3,(H-,12,13,16,17)/p+1. The van der Waals surface area contributed by atoms with Crippen molar-refractivity contribution in [3.8, 4) is 12.3 Å². The van der Waals surface area contributed by atoms with Gasteiger partial charge in [-0.15, -0.1) is 6.42 Å². The van der Waals surface area contributed by atoms with E-state index in [2.05, 4.69) is 21.0 Å². The zero-order valence-electron chi connectivity index (χ0n) is 10.9. The molecule has 98 valence electrons. The molecule has 0 radical (unpaired) electrons. The molecule has 1 heterocycles. The van der Waals surface area contributed by atoms with Crippen LogP contribution in [0.2, 0.25) is 0 Å². The summed E-state index contributed by atoms with van der Waals surface area (Å²) in [6.07, 6.45) is 5.28. The number of carbonyl (C=O) groups is 1. The monoisotopic (exact) mass is 253 g/mol. The third-order valence-corrected chi connectivity index (χ3v) is 2.43. The lowest BCUT2D eigenvalue weighted by molar-refractivity contribution is -0.746. The molecule has 0 aromatic carbocycles. The molecule has 7 nitrogen and oxygen atoms in total. The van der Waals surface area contributed by atoms with Gasteiger partial charge in [-0.05, 0) is 19.1 Å². The lowest BCUT2D eigenvalue weighted by Crippen LogP contribution is -2.49. The quantitative estimate of drug-likeness (QED) is 0.554. The normalized spacial score (nSPS) is 10.8. The molecule has 0 atom stereocenters. The van der Waals surface area contributed by atoms with Crippen LogP contribution in [0.25, 0.3) is 0 Å². The van der Waals surface area contributed by atoms with Crippen LogP contribution in [-0.4, -0.2) is 28.8 Å². The number of terminal acetylenes is 1. The number of H-pyrrole nitrogens is 1. The largest absolute Gasteiger partial charge is 0.431 e. The summed E-state index contributed by atoms with van der Waals surface area (Å²) in [5, 5.41) is 5.03. The zero-order valence-corrected chi connectivity index (χ0v) is 10.9. The molecule has 0 saturated heterocycles. The van der Waals surface area contributed by atoms with E-state index in [0.717, 1.165) is 0 Å². The molecule has 0 aliphatic carbocycles. The number of amides is 2. The van der Waals surface area contributed by atoms with Gasteiger partial charge in [0.2, 0.25) is 0 Å². The molecule has 2 N–H and O–H groups in total. The molecular weight excluding hydrogens is 236 g/mol. The Morgan fingerprint density at radius 3 is 2.72 bits per heavy atom. The Kier molecular flexibility index (Phi) is 3.81. The Bertz CT molecular complexity index is 535. The Morgan fingerprint density at radius 2 is 2.28 bits per heavy atom. The maximum Gasteiger partial charge on any atom is 0.431 e. The van der Waals surface area contributed by atoms with Crippen LogP contribution in [0.15, 0.2) is 9.32 Å². The van der Waals surface area contributed by atoms with Gasteiger partial charge in [-0.25, -0.2) is 9.59 Å². The lowest BCUT2D eigenvalue weighted by Gasteiger charge is -2.23. The molecule has 0 spiro atoms. The van der Waals surface area contributed by atoms with E-state index < -0.39 is 11.2 Å². The van der Waals surface area contributed by atoms with Gasteiger partial charge < -0.3 is 10.2 Å². The molecule has 0 saturated carbocycles. The first kappa shape index (κ1) is 13.8. The Hall–Kier alpha value is -2.23. The van der Waals surface area contributed by atoms with Crippen LogP contribution in [0, 0.1) is 12.3 Å². The highest BCUT2D eigenvalue weighted by Crippen LogP contribution is 2.01. The lowest BCUT2D eigenvalue weighted by atomic mass is 10.1. The molecule has 0 unspecified atom stereocenters. The molecule has 0 bridgehead atoms. The number of rotatable bonds is 3. The van der Waals surface area contributed by atoms with Gasteiger partial charge in [0, 0.05) is 7.05 Å². The molecule has 7 heteroatoms. The number of urea groups is 1. The van der Waals surface area contributed by atoms with E-state index in [4.69, 9.17) is 6.42 Å². The summed E-state index contributed by atoms with van der Waals surface area (Å²) in [5.41, 5.74) is -0.907. The third kappa shape index (κ3) is 3.13. The van der Waals surface area contributed by atoms with E-state index >= 15 is 0 Å². The van der Waals surface area contributed by atoms with Crippen LogP contribution >= 0.6 is 0 Å². The van der Waals surface area contributed by atoms with Crippen molar-refractivity contribution in [2.24, 2.45) is 7.05 Å². The zero-order chi connectivity index (χ0) is 13.9. The summed E-state index contributed by atoms with van der Waals surface area (Å²) in [6, 6.07) is -0.362. The summed E-state index contributed by atoms with van der Waals surface area (Å²) in [5.74, 6) is 2.46. The van der Waals surface area contributed by atoms with Crippen molar-refractivity contribution in [1.82, 2.24) is 15.5 Å². The Balaban J connectivity index is 2.73. The SMILES string of the molecule is C#CC(C)(C)NC(=O)N(C)Cc1c(=O)o[nH][n+]1C. The van der Waals surface area contributed by atoms with Crippen molar-refractivity contribution < 1.29 is 14.0 Å². The van der Waals surface area contributed by atoms with E-state index in [-0.39, 0.29) is 12.6 Å². The van der Waals surface area contributed by atoms with Gasteiger partial charge in [-0.3, -0.25) is 4.52 Å². The van der Waals surface area contributed by atoms with E-state index in [1.165, 1.54) is 9.58 Å².